The molecule has 0 amide bonds. The van der Waals surface area contributed by atoms with Crippen molar-refractivity contribution in [1.29, 1.82) is 0 Å². The van der Waals surface area contributed by atoms with Crippen LogP contribution >= 0.6 is 0 Å². The molecule has 0 aliphatic heterocycles. The van der Waals surface area contributed by atoms with Crippen molar-refractivity contribution < 1.29 is 9.47 Å². The van der Waals surface area contributed by atoms with E-state index < -0.39 is 0 Å². The Morgan fingerprint density at radius 2 is 2.12 bits per heavy atom. The molecule has 0 saturated heterocycles. The van der Waals surface area contributed by atoms with Gasteiger partial charge in [0, 0.05) is 33.0 Å². The molecule has 25 heavy (non-hydrogen) atoms. The Bertz CT molecular complexity index is 501. The lowest BCUT2D eigenvalue weighted by atomic mass is 9.83. The maximum absolute atomic E-state index is 5.66. The highest BCUT2D eigenvalue weighted by Crippen LogP contribution is 2.41. The fourth-order valence-corrected chi connectivity index (χ4v) is 3.29. The van der Waals surface area contributed by atoms with E-state index in [1.807, 2.05) is 12.1 Å². The van der Waals surface area contributed by atoms with Crippen molar-refractivity contribution in [3.05, 3.63) is 24.5 Å². The lowest BCUT2D eigenvalue weighted by molar-refractivity contribution is 0.141. The van der Waals surface area contributed by atoms with Gasteiger partial charge in [-0.1, -0.05) is 12.8 Å². The summed E-state index contributed by atoms with van der Waals surface area (Å²) in [7, 11) is 1.78. The predicted octanol–water partition coefficient (Wildman–Crippen LogP) is 2.61. The van der Waals surface area contributed by atoms with Crippen LogP contribution in [0.25, 0.3) is 0 Å². The number of aromatic nitrogens is 1. The molecule has 6 nitrogen and oxygen atoms in total. The van der Waals surface area contributed by atoms with Gasteiger partial charge >= 0.3 is 0 Å². The maximum atomic E-state index is 5.66. The molecule has 1 heterocycles. The normalized spacial score (nSPS) is 16.6. The molecule has 1 aliphatic carbocycles. The van der Waals surface area contributed by atoms with E-state index in [0.717, 1.165) is 37.8 Å². The van der Waals surface area contributed by atoms with Crippen LogP contribution in [0.5, 0.6) is 5.75 Å². The SMILES string of the molecule is CCNC(=NCC1(CCOC)CCCC1)NCCOc1cccnc1. The van der Waals surface area contributed by atoms with Crippen LogP contribution in [0.2, 0.25) is 0 Å². The van der Waals surface area contributed by atoms with Gasteiger partial charge in [0.25, 0.3) is 0 Å². The van der Waals surface area contributed by atoms with Crippen LogP contribution < -0.4 is 15.4 Å². The van der Waals surface area contributed by atoms with E-state index in [-0.39, 0.29) is 0 Å². The van der Waals surface area contributed by atoms with Gasteiger partial charge < -0.3 is 20.1 Å². The van der Waals surface area contributed by atoms with Gasteiger partial charge in [0.1, 0.15) is 12.4 Å². The molecule has 140 valence electrons. The molecule has 0 atom stereocenters. The van der Waals surface area contributed by atoms with Crippen molar-refractivity contribution in [2.24, 2.45) is 10.4 Å². The monoisotopic (exact) mass is 348 g/mol. The molecule has 0 spiro atoms. The van der Waals surface area contributed by atoms with E-state index in [0.29, 0.717) is 18.6 Å². The molecular weight excluding hydrogens is 316 g/mol. The first-order chi connectivity index (χ1) is 12.3. The predicted molar refractivity (Wildman–Crippen MR) is 101 cm³/mol. The van der Waals surface area contributed by atoms with E-state index >= 15 is 0 Å². The van der Waals surface area contributed by atoms with Crippen molar-refractivity contribution in [2.45, 2.75) is 39.0 Å². The van der Waals surface area contributed by atoms with Crippen LogP contribution in [-0.2, 0) is 4.74 Å². The van der Waals surface area contributed by atoms with E-state index in [2.05, 4.69) is 22.5 Å². The molecule has 2 N–H and O–H groups in total. The maximum Gasteiger partial charge on any atom is 0.191 e. The molecule has 1 saturated carbocycles. The fourth-order valence-electron chi connectivity index (χ4n) is 3.29. The minimum absolute atomic E-state index is 0.310. The summed E-state index contributed by atoms with van der Waals surface area (Å²) in [4.78, 5) is 8.88. The zero-order chi connectivity index (χ0) is 17.8. The van der Waals surface area contributed by atoms with Gasteiger partial charge in [-0.3, -0.25) is 9.98 Å². The summed E-state index contributed by atoms with van der Waals surface area (Å²) in [5.74, 6) is 1.65. The Kier molecular flexibility index (Phi) is 8.52. The summed E-state index contributed by atoms with van der Waals surface area (Å²) in [5, 5.41) is 6.67. The first kappa shape index (κ1) is 19.5. The quantitative estimate of drug-likeness (QED) is 0.386. The van der Waals surface area contributed by atoms with Gasteiger partial charge in [0.15, 0.2) is 5.96 Å². The van der Waals surface area contributed by atoms with Crippen LogP contribution in [-0.4, -0.2) is 50.9 Å². The minimum atomic E-state index is 0.310. The molecule has 0 unspecified atom stereocenters. The molecule has 2 rings (SSSR count). The molecule has 6 heteroatoms. The minimum Gasteiger partial charge on any atom is -0.490 e. The first-order valence-electron chi connectivity index (χ1n) is 9.32. The van der Waals surface area contributed by atoms with Crippen LogP contribution in [0.3, 0.4) is 0 Å². The highest BCUT2D eigenvalue weighted by molar-refractivity contribution is 5.79. The Morgan fingerprint density at radius 1 is 1.28 bits per heavy atom. The second-order valence-corrected chi connectivity index (χ2v) is 6.61. The molecule has 0 radical (unpaired) electrons. The van der Waals surface area contributed by atoms with Crippen molar-refractivity contribution >= 4 is 5.96 Å². The third kappa shape index (κ3) is 6.90. The first-order valence-corrected chi connectivity index (χ1v) is 9.32. The zero-order valence-corrected chi connectivity index (χ0v) is 15.6. The van der Waals surface area contributed by atoms with Gasteiger partial charge in [-0.05, 0) is 43.7 Å². The Morgan fingerprint density at radius 3 is 2.80 bits per heavy atom. The van der Waals surface area contributed by atoms with Crippen molar-refractivity contribution in [2.75, 3.05) is 40.0 Å². The summed E-state index contributed by atoms with van der Waals surface area (Å²) < 4.78 is 11.0. The number of hydrogen-bond donors (Lipinski definition) is 2. The molecule has 1 fully saturated rings. The number of nitrogens with one attached hydrogen (secondary N) is 2. The molecule has 1 aliphatic rings. The van der Waals surface area contributed by atoms with Gasteiger partial charge in [0.2, 0.25) is 0 Å². The number of methoxy groups -OCH3 is 1. The summed E-state index contributed by atoms with van der Waals surface area (Å²) in [6, 6.07) is 3.78. The second-order valence-electron chi connectivity index (χ2n) is 6.61. The third-order valence-corrected chi connectivity index (χ3v) is 4.72. The van der Waals surface area contributed by atoms with Crippen LogP contribution in [0.15, 0.2) is 29.5 Å². The third-order valence-electron chi connectivity index (χ3n) is 4.72. The van der Waals surface area contributed by atoms with Crippen LogP contribution in [0, 0.1) is 5.41 Å². The number of guanidine groups is 1. The highest BCUT2D eigenvalue weighted by atomic mass is 16.5. The number of ether oxygens (including phenoxy) is 2. The van der Waals surface area contributed by atoms with Crippen molar-refractivity contribution in [3.8, 4) is 5.75 Å². The highest BCUT2D eigenvalue weighted by Gasteiger charge is 2.33. The van der Waals surface area contributed by atoms with Gasteiger partial charge in [-0.2, -0.15) is 0 Å². The summed E-state index contributed by atoms with van der Waals surface area (Å²) >= 11 is 0. The molecule has 0 bridgehead atoms. The van der Waals surface area contributed by atoms with Gasteiger partial charge in [-0.15, -0.1) is 0 Å². The molecule has 1 aromatic heterocycles. The molecule has 0 aromatic carbocycles. The molecular formula is C19H32N4O2. The largest absolute Gasteiger partial charge is 0.490 e. The average molecular weight is 348 g/mol. The number of pyridine rings is 1. The Balaban J connectivity index is 1.80. The van der Waals surface area contributed by atoms with E-state index in [9.17, 15) is 0 Å². The summed E-state index contributed by atoms with van der Waals surface area (Å²) in [6.45, 7) is 5.88. The van der Waals surface area contributed by atoms with Crippen molar-refractivity contribution in [1.82, 2.24) is 15.6 Å². The van der Waals surface area contributed by atoms with E-state index in [1.165, 1.54) is 25.7 Å². The smallest absolute Gasteiger partial charge is 0.191 e. The summed E-state index contributed by atoms with van der Waals surface area (Å²) in [6.07, 6.45) is 9.68. The van der Waals surface area contributed by atoms with Gasteiger partial charge in [0.05, 0.1) is 12.7 Å². The lowest BCUT2D eigenvalue weighted by Crippen LogP contribution is -2.40. The van der Waals surface area contributed by atoms with Gasteiger partial charge in [-0.25, -0.2) is 0 Å². The summed E-state index contributed by atoms with van der Waals surface area (Å²) in [5.41, 5.74) is 0.310. The van der Waals surface area contributed by atoms with E-state index in [1.54, 1.807) is 19.5 Å². The fraction of sp³-hybridized carbons (Fsp3) is 0.684. The average Bonchev–Trinajstić information content (AvgIpc) is 3.11. The Labute approximate surface area is 151 Å². The van der Waals surface area contributed by atoms with E-state index in [4.69, 9.17) is 14.5 Å². The number of hydrogen-bond acceptors (Lipinski definition) is 4. The van der Waals surface area contributed by atoms with Crippen molar-refractivity contribution in [3.63, 3.8) is 0 Å². The molecule has 1 aromatic rings. The lowest BCUT2D eigenvalue weighted by Gasteiger charge is -2.27. The van der Waals surface area contributed by atoms with Crippen LogP contribution in [0.1, 0.15) is 39.0 Å². The topological polar surface area (TPSA) is 67.8 Å². The Hall–Kier alpha value is -1.82. The number of aliphatic imine (C=N–C) groups is 1. The number of rotatable bonds is 10. The van der Waals surface area contributed by atoms with Crippen LogP contribution in [0.4, 0.5) is 0 Å². The zero-order valence-electron chi connectivity index (χ0n) is 15.6. The number of nitrogens with zero attached hydrogens (tertiary/aromatic N) is 2. The standard InChI is InChI=1S/C19H32N4O2/c1-3-21-18(22-12-14-25-17-7-6-11-20-15-17)23-16-19(10-13-24-2)8-4-5-9-19/h6-7,11,15H,3-5,8-10,12-14,16H2,1-2H3,(H2,21,22,23). The second kappa shape index (κ2) is 10.9.